The van der Waals surface area contributed by atoms with Crippen molar-refractivity contribution in [1.82, 2.24) is 0 Å². The van der Waals surface area contributed by atoms with Crippen molar-refractivity contribution in [3.63, 3.8) is 0 Å². The Bertz CT molecular complexity index is 720. The second-order valence-electron chi connectivity index (χ2n) is 4.32. The molecule has 2 aromatic heterocycles. The van der Waals surface area contributed by atoms with Gasteiger partial charge >= 0.3 is 0 Å². The largest absolute Gasteiger partial charge is 0.491 e. The number of ether oxygens (including phenoxy) is 4. The van der Waals surface area contributed by atoms with Gasteiger partial charge in [-0.25, -0.2) is 0 Å². The molecule has 0 radical (unpaired) electrons. The van der Waals surface area contributed by atoms with Gasteiger partial charge in [0.1, 0.15) is 0 Å². The minimum Gasteiger partial charge on any atom is -0.491 e. The number of carbonyl (C=O) groups excluding carboxylic acids is 2. The predicted octanol–water partition coefficient (Wildman–Crippen LogP) is 2.89. The Kier molecular flexibility index (Phi) is 3.57. The summed E-state index contributed by atoms with van der Waals surface area (Å²) in [6.07, 6.45) is 0. The van der Waals surface area contributed by atoms with Crippen molar-refractivity contribution in [3.05, 3.63) is 9.75 Å². The van der Waals surface area contributed by atoms with Crippen LogP contribution in [-0.4, -0.2) is 40.0 Å². The molecule has 0 spiro atoms. The number of ketones is 2. The Morgan fingerprint density at radius 3 is 1.27 bits per heavy atom. The van der Waals surface area contributed by atoms with Crippen LogP contribution in [0, 0.1) is 0 Å². The van der Waals surface area contributed by atoms with Gasteiger partial charge in [0.2, 0.25) is 21.7 Å². The Hall–Kier alpha value is -2.06. The summed E-state index contributed by atoms with van der Waals surface area (Å²) in [7, 11) is 5.94. The zero-order valence-electron chi connectivity index (χ0n) is 12.3. The molecule has 0 aliphatic heterocycles. The van der Waals surface area contributed by atoms with Crippen LogP contribution >= 0.6 is 22.7 Å². The Morgan fingerprint density at radius 2 is 1.00 bits per heavy atom. The monoisotopic (exact) mass is 340 g/mol. The fourth-order valence-electron chi connectivity index (χ4n) is 2.41. The van der Waals surface area contributed by atoms with Gasteiger partial charge in [-0.2, -0.15) is 0 Å². The van der Waals surface area contributed by atoms with E-state index in [1.807, 2.05) is 0 Å². The van der Waals surface area contributed by atoms with Gasteiger partial charge in [0, 0.05) is 0 Å². The number of thiophene rings is 2. The lowest BCUT2D eigenvalue weighted by Gasteiger charge is -2.13. The molecule has 8 heteroatoms. The molecule has 2 heterocycles. The molecular weight excluding hydrogens is 328 g/mol. The Morgan fingerprint density at radius 1 is 0.636 bits per heavy atom. The summed E-state index contributed by atoms with van der Waals surface area (Å²) < 4.78 is 21.3. The minimum atomic E-state index is -0.569. The first kappa shape index (κ1) is 14.9. The number of hydrogen-bond donors (Lipinski definition) is 0. The van der Waals surface area contributed by atoms with Gasteiger partial charge in [-0.1, -0.05) is 22.7 Å². The van der Waals surface area contributed by atoms with Gasteiger partial charge < -0.3 is 18.9 Å². The van der Waals surface area contributed by atoms with E-state index in [2.05, 4.69) is 0 Å². The first-order valence-electron chi connectivity index (χ1n) is 6.17. The highest BCUT2D eigenvalue weighted by atomic mass is 32.1. The average molecular weight is 340 g/mol. The van der Waals surface area contributed by atoms with Crippen LogP contribution in [0.2, 0.25) is 0 Å². The van der Waals surface area contributed by atoms with Crippen LogP contribution in [0.25, 0.3) is 11.1 Å². The van der Waals surface area contributed by atoms with Crippen LogP contribution < -0.4 is 18.9 Å². The molecule has 3 rings (SSSR count). The molecule has 116 valence electrons. The molecule has 0 aromatic carbocycles. The molecule has 1 aliphatic carbocycles. The maximum absolute atomic E-state index is 12.3. The van der Waals surface area contributed by atoms with Crippen molar-refractivity contribution < 1.29 is 28.5 Å². The van der Waals surface area contributed by atoms with E-state index in [-0.39, 0.29) is 0 Å². The molecule has 0 amide bonds. The minimum absolute atomic E-state index is 0.296. The lowest BCUT2D eigenvalue weighted by Crippen LogP contribution is -2.18. The van der Waals surface area contributed by atoms with Gasteiger partial charge in [0.15, 0.2) is 11.5 Å². The molecule has 0 saturated carbocycles. The molecule has 1 aliphatic rings. The smallest absolute Gasteiger partial charge is 0.245 e. The van der Waals surface area contributed by atoms with Crippen molar-refractivity contribution in [2.45, 2.75) is 0 Å². The number of Topliss-reactive ketones (excluding diaryl/α,β-unsaturated/α-hetero) is 2. The SMILES string of the molecule is COc1sc2c(c1OC)-c1c(sc(OC)c1OC)C(=O)C2=O. The highest BCUT2D eigenvalue weighted by Gasteiger charge is 2.41. The fourth-order valence-corrected chi connectivity index (χ4v) is 4.47. The Labute approximate surface area is 134 Å². The summed E-state index contributed by atoms with van der Waals surface area (Å²) in [5.74, 6) is -0.298. The van der Waals surface area contributed by atoms with Gasteiger partial charge in [0.05, 0.1) is 49.3 Å². The molecule has 0 atom stereocenters. The summed E-state index contributed by atoms with van der Waals surface area (Å²) in [4.78, 5) is 25.3. The number of rotatable bonds is 4. The highest BCUT2D eigenvalue weighted by Crippen LogP contribution is 2.58. The Balaban J connectivity index is 2.42. The summed E-state index contributed by atoms with van der Waals surface area (Å²) >= 11 is 2.18. The molecule has 22 heavy (non-hydrogen) atoms. The number of carbonyl (C=O) groups is 2. The van der Waals surface area contributed by atoms with E-state index in [0.29, 0.717) is 42.5 Å². The fraction of sp³-hybridized carbons (Fsp3) is 0.286. The van der Waals surface area contributed by atoms with Crippen LogP contribution in [0.3, 0.4) is 0 Å². The zero-order chi connectivity index (χ0) is 16.0. The third kappa shape index (κ3) is 1.77. The zero-order valence-corrected chi connectivity index (χ0v) is 13.9. The van der Waals surface area contributed by atoms with E-state index in [1.165, 1.54) is 28.4 Å². The lowest BCUT2D eigenvalue weighted by atomic mass is 9.94. The molecule has 0 fully saturated rings. The topological polar surface area (TPSA) is 71.1 Å². The summed E-state index contributed by atoms with van der Waals surface area (Å²) in [5, 5.41) is 0.877. The number of methoxy groups -OCH3 is 4. The van der Waals surface area contributed by atoms with E-state index in [1.54, 1.807) is 0 Å². The van der Waals surface area contributed by atoms with Crippen molar-refractivity contribution in [3.8, 4) is 32.8 Å². The van der Waals surface area contributed by atoms with Gasteiger partial charge in [0.25, 0.3) is 0 Å². The van der Waals surface area contributed by atoms with E-state index in [0.717, 1.165) is 22.7 Å². The van der Waals surface area contributed by atoms with E-state index in [9.17, 15) is 9.59 Å². The lowest BCUT2D eigenvalue weighted by molar-refractivity contribution is 0.0820. The van der Waals surface area contributed by atoms with Gasteiger partial charge in [-0.05, 0) is 0 Å². The van der Waals surface area contributed by atoms with Gasteiger partial charge in [-0.3, -0.25) is 9.59 Å². The maximum Gasteiger partial charge on any atom is 0.245 e. The number of fused-ring (bicyclic) bond motifs is 3. The third-order valence-electron chi connectivity index (χ3n) is 3.32. The summed E-state index contributed by atoms with van der Waals surface area (Å²) in [5.41, 5.74) is 1.06. The van der Waals surface area contributed by atoms with Crippen molar-refractivity contribution >= 4 is 34.2 Å². The molecule has 2 aromatic rings. The van der Waals surface area contributed by atoms with Crippen LogP contribution in [-0.2, 0) is 0 Å². The van der Waals surface area contributed by atoms with Crippen molar-refractivity contribution in [2.75, 3.05) is 28.4 Å². The third-order valence-corrected chi connectivity index (χ3v) is 5.58. The van der Waals surface area contributed by atoms with E-state index < -0.39 is 11.6 Å². The molecular formula is C14H12O6S2. The summed E-state index contributed by atoms with van der Waals surface area (Å²) in [6, 6.07) is 0. The number of hydrogen-bond acceptors (Lipinski definition) is 8. The van der Waals surface area contributed by atoms with Crippen LogP contribution in [0.15, 0.2) is 0 Å². The predicted molar refractivity (Wildman–Crippen MR) is 82.5 cm³/mol. The summed E-state index contributed by atoms with van der Waals surface area (Å²) in [6.45, 7) is 0. The molecule has 0 N–H and O–H groups in total. The van der Waals surface area contributed by atoms with Crippen molar-refractivity contribution in [1.29, 1.82) is 0 Å². The standard InChI is InChI=1S/C14H12O6S2/c1-17-9-5-6-10(18-2)14(20-4)22-12(6)8(16)7(15)11(5)21-13(9)19-3/h1-4H3. The first-order chi connectivity index (χ1) is 10.6. The first-order valence-corrected chi connectivity index (χ1v) is 7.81. The highest BCUT2D eigenvalue weighted by molar-refractivity contribution is 7.21. The quantitative estimate of drug-likeness (QED) is 0.797. The molecule has 6 nitrogen and oxygen atoms in total. The van der Waals surface area contributed by atoms with Crippen LogP contribution in [0.4, 0.5) is 0 Å². The van der Waals surface area contributed by atoms with Crippen LogP contribution in [0.1, 0.15) is 19.3 Å². The van der Waals surface area contributed by atoms with Crippen molar-refractivity contribution in [2.24, 2.45) is 0 Å². The second-order valence-corrected chi connectivity index (χ2v) is 6.29. The van der Waals surface area contributed by atoms with Gasteiger partial charge in [-0.15, -0.1) is 0 Å². The second kappa shape index (κ2) is 5.29. The van der Waals surface area contributed by atoms with E-state index in [4.69, 9.17) is 18.9 Å². The normalized spacial score (nSPS) is 12.7. The maximum atomic E-state index is 12.3. The molecule has 0 bridgehead atoms. The van der Waals surface area contributed by atoms with E-state index >= 15 is 0 Å². The molecule has 0 saturated heterocycles. The average Bonchev–Trinajstić information content (AvgIpc) is 3.09. The molecule has 0 unspecified atom stereocenters. The van der Waals surface area contributed by atoms with Crippen LogP contribution in [0.5, 0.6) is 21.6 Å².